The lowest BCUT2D eigenvalue weighted by molar-refractivity contribution is 0.0801. The van der Waals surface area contributed by atoms with E-state index >= 15 is 0 Å². The summed E-state index contributed by atoms with van der Waals surface area (Å²) in [6, 6.07) is 2.32. The highest BCUT2D eigenvalue weighted by Gasteiger charge is 2.40. The Balaban J connectivity index is 2.23. The van der Waals surface area contributed by atoms with Crippen molar-refractivity contribution in [2.45, 2.75) is 0 Å². The topological polar surface area (TPSA) is 74.6 Å². The fourth-order valence-corrected chi connectivity index (χ4v) is 2.45. The van der Waals surface area contributed by atoms with Gasteiger partial charge in [0.05, 0.1) is 11.8 Å². The van der Waals surface area contributed by atoms with Gasteiger partial charge in [-0.25, -0.2) is 0 Å². The predicted octanol–water partition coefficient (Wildman–Crippen LogP) is 1.84. The van der Waals surface area contributed by atoms with Gasteiger partial charge in [-0.15, -0.1) is 0 Å². The maximum Gasteiger partial charge on any atom is 0.171 e. The molecule has 0 spiro atoms. The number of hydrogen-bond acceptors (Lipinski definition) is 4. The molecule has 0 radical (unpaired) electrons. The Morgan fingerprint density at radius 1 is 0.778 bits per heavy atom. The summed E-state index contributed by atoms with van der Waals surface area (Å²) in [6.07, 6.45) is 6.85. The standard InChI is InChI=1S/C14H10O4/c15-11-5-9-10(6-12(11)16)14(18)8-4-2-1-3-7(8)13(9)17/h1-8,15-16H. The van der Waals surface area contributed by atoms with Gasteiger partial charge in [-0.05, 0) is 12.1 Å². The van der Waals surface area contributed by atoms with Gasteiger partial charge in [0.1, 0.15) is 0 Å². The van der Waals surface area contributed by atoms with Gasteiger partial charge in [-0.3, -0.25) is 9.59 Å². The van der Waals surface area contributed by atoms with E-state index in [0.717, 1.165) is 12.1 Å². The quantitative estimate of drug-likeness (QED) is 0.681. The lowest BCUT2D eigenvalue weighted by Crippen LogP contribution is -2.35. The van der Waals surface area contributed by atoms with Gasteiger partial charge in [-0.2, -0.15) is 0 Å². The highest BCUT2D eigenvalue weighted by atomic mass is 16.3. The van der Waals surface area contributed by atoms with Crippen LogP contribution in [0, 0.1) is 11.8 Å². The van der Waals surface area contributed by atoms with Crippen molar-refractivity contribution >= 4 is 11.6 Å². The fourth-order valence-electron chi connectivity index (χ4n) is 2.45. The second kappa shape index (κ2) is 3.57. The fraction of sp³-hybridized carbons (Fsp3) is 0.143. The van der Waals surface area contributed by atoms with E-state index in [9.17, 15) is 19.8 Å². The molecule has 4 nitrogen and oxygen atoms in total. The van der Waals surface area contributed by atoms with Crippen LogP contribution in [0.25, 0.3) is 0 Å². The number of phenols is 2. The molecule has 2 unspecified atom stereocenters. The molecule has 2 aliphatic rings. The summed E-state index contributed by atoms with van der Waals surface area (Å²) in [7, 11) is 0. The Bertz CT molecular complexity index is 570. The Morgan fingerprint density at radius 3 is 1.56 bits per heavy atom. The number of phenolic OH excluding ortho intramolecular Hbond substituents is 2. The third-order valence-corrected chi connectivity index (χ3v) is 3.39. The Kier molecular flexibility index (Phi) is 2.13. The number of fused-ring (bicyclic) bond motifs is 2. The monoisotopic (exact) mass is 242 g/mol. The largest absolute Gasteiger partial charge is 0.504 e. The van der Waals surface area contributed by atoms with Crippen molar-refractivity contribution in [2.24, 2.45) is 11.8 Å². The molecule has 0 fully saturated rings. The van der Waals surface area contributed by atoms with Crippen molar-refractivity contribution in [3.8, 4) is 11.5 Å². The van der Waals surface area contributed by atoms with Crippen LogP contribution in [-0.4, -0.2) is 21.8 Å². The molecule has 1 aromatic carbocycles. The third kappa shape index (κ3) is 1.32. The molecule has 3 rings (SSSR count). The number of allylic oxidation sites excluding steroid dienone is 4. The zero-order valence-corrected chi connectivity index (χ0v) is 9.33. The van der Waals surface area contributed by atoms with E-state index in [2.05, 4.69) is 0 Å². The number of benzene rings is 1. The number of hydrogen-bond donors (Lipinski definition) is 2. The molecule has 2 N–H and O–H groups in total. The van der Waals surface area contributed by atoms with Crippen LogP contribution in [-0.2, 0) is 0 Å². The number of carbonyl (C=O) groups is 2. The molecule has 18 heavy (non-hydrogen) atoms. The smallest absolute Gasteiger partial charge is 0.171 e. The third-order valence-electron chi connectivity index (χ3n) is 3.39. The van der Waals surface area contributed by atoms with E-state index in [1.807, 2.05) is 0 Å². The van der Waals surface area contributed by atoms with Crippen LogP contribution in [0.2, 0.25) is 0 Å². The second-order valence-corrected chi connectivity index (χ2v) is 4.44. The van der Waals surface area contributed by atoms with Gasteiger partial charge in [0, 0.05) is 11.1 Å². The van der Waals surface area contributed by atoms with Gasteiger partial charge >= 0.3 is 0 Å². The van der Waals surface area contributed by atoms with E-state index < -0.39 is 11.8 Å². The maximum absolute atomic E-state index is 12.2. The van der Waals surface area contributed by atoms with E-state index in [0.29, 0.717) is 0 Å². The van der Waals surface area contributed by atoms with Crippen LogP contribution >= 0.6 is 0 Å². The Labute approximate surface area is 103 Å². The van der Waals surface area contributed by atoms with Gasteiger partial charge < -0.3 is 10.2 Å². The highest BCUT2D eigenvalue weighted by Crippen LogP contribution is 2.38. The molecule has 2 atom stereocenters. The SMILES string of the molecule is O=C1c2cc(O)c(O)cc2C(=O)C2C=CC=CC12. The summed E-state index contributed by atoms with van der Waals surface area (Å²) in [5, 5.41) is 18.9. The maximum atomic E-state index is 12.2. The van der Waals surface area contributed by atoms with Crippen LogP contribution in [0.3, 0.4) is 0 Å². The second-order valence-electron chi connectivity index (χ2n) is 4.44. The molecule has 1 aromatic rings. The molecular weight excluding hydrogens is 232 g/mol. The lowest BCUT2D eigenvalue weighted by atomic mass is 9.72. The molecule has 0 saturated heterocycles. The van der Waals surface area contributed by atoms with E-state index in [-0.39, 0.29) is 34.2 Å². The molecule has 0 bridgehead atoms. The van der Waals surface area contributed by atoms with E-state index in [1.165, 1.54) is 0 Å². The Hall–Kier alpha value is -2.36. The van der Waals surface area contributed by atoms with Gasteiger partial charge in [0.25, 0.3) is 0 Å². The van der Waals surface area contributed by atoms with Crippen molar-refractivity contribution in [3.05, 3.63) is 47.6 Å². The van der Waals surface area contributed by atoms with Crippen molar-refractivity contribution in [2.75, 3.05) is 0 Å². The number of carbonyl (C=O) groups excluding carboxylic acids is 2. The summed E-state index contributed by atoms with van der Waals surface area (Å²) < 4.78 is 0. The number of rotatable bonds is 0. The van der Waals surface area contributed by atoms with Crippen molar-refractivity contribution in [1.82, 2.24) is 0 Å². The lowest BCUT2D eigenvalue weighted by Gasteiger charge is -2.28. The summed E-state index contributed by atoms with van der Waals surface area (Å²) in [4.78, 5) is 24.5. The molecule has 0 saturated carbocycles. The summed E-state index contributed by atoms with van der Waals surface area (Å²) in [5.41, 5.74) is 0.355. The molecular formula is C14H10O4. The van der Waals surface area contributed by atoms with Crippen molar-refractivity contribution in [1.29, 1.82) is 0 Å². The zero-order chi connectivity index (χ0) is 12.9. The normalized spacial score (nSPS) is 24.9. The minimum Gasteiger partial charge on any atom is -0.504 e. The van der Waals surface area contributed by atoms with Crippen LogP contribution in [0.5, 0.6) is 11.5 Å². The average molecular weight is 242 g/mol. The van der Waals surface area contributed by atoms with Crippen molar-refractivity contribution in [3.63, 3.8) is 0 Å². The number of aromatic hydroxyl groups is 2. The number of Topliss-reactive ketones (excluding diaryl/α,β-unsaturated/α-hetero) is 2. The molecule has 0 amide bonds. The summed E-state index contributed by atoms with van der Waals surface area (Å²) in [5.74, 6) is -2.18. The van der Waals surface area contributed by atoms with Gasteiger partial charge in [-0.1, -0.05) is 24.3 Å². The first-order chi connectivity index (χ1) is 8.59. The van der Waals surface area contributed by atoms with Crippen molar-refractivity contribution < 1.29 is 19.8 Å². The first-order valence-electron chi connectivity index (χ1n) is 5.59. The van der Waals surface area contributed by atoms with Crippen LogP contribution < -0.4 is 0 Å². The van der Waals surface area contributed by atoms with Gasteiger partial charge in [0.2, 0.25) is 0 Å². The zero-order valence-electron chi connectivity index (χ0n) is 9.33. The van der Waals surface area contributed by atoms with Crippen LogP contribution in [0.1, 0.15) is 20.7 Å². The molecule has 0 aliphatic heterocycles. The first-order valence-corrected chi connectivity index (χ1v) is 5.59. The van der Waals surface area contributed by atoms with Gasteiger partial charge in [0.15, 0.2) is 23.1 Å². The summed E-state index contributed by atoms with van der Waals surface area (Å²) >= 11 is 0. The first kappa shape index (κ1) is 10.8. The molecule has 0 aromatic heterocycles. The Morgan fingerprint density at radius 2 is 1.17 bits per heavy atom. The predicted molar refractivity (Wildman–Crippen MR) is 63.7 cm³/mol. The number of ketones is 2. The van der Waals surface area contributed by atoms with Crippen LogP contribution in [0.15, 0.2) is 36.4 Å². The minimum atomic E-state index is -0.501. The highest BCUT2D eigenvalue weighted by molar-refractivity contribution is 6.17. The summed E-state index contributed by atoms with van der Waals surface area (Å²) in [6.45, 7) is 0. The van der Waals surface area contributed by atoms with E-state index in [1.54, 1.807) is 24.3 Å². The molecule has 0 heterocycles. The molecule has 90 valence electrons. The average Bonchev–Trinajstić information content (AvgIpc) is 2.38. The van der Waals surface area contributed by atoms with Crippen LogP contribution in [0.4, 0.5) is 0 Å². The minimum absolute atomic E-state index is 0.177. The molecule has 2 aliphatic carbocycles. The molecule has 4 heteroatoms. The van der Waals surface area contributed by atoms with E-state index in [4.69, 9.17) is 0 Å².